The third kappa shape index (κ3) is 3.47. The largest absolute Gasteiger partial charge is 0.321 e. The van der Waals surface area contributed by atoms with Gasteiger partial charge in [-0.05, 0) is 66.4 Å². The zero-order valence-electron chi connectivity index (χ0n) is 12.6. The minimum atomic E-state index is -0.155. The van der Waals surface area contributed by atoms with Crippen molar-refractivity contribution in [1.82, 2.24) is 10.2 Å². The van der Waals surface area contributed by atoms with Crippen molar-refractivity contribution in [2.45, 2.75) is 34.1 Å². The second-order valence-electron chi connectivity index (χ2n) is 5.09. The van der Waals surface area contributed by atoms with E-state index in [1.165, 1.54) is 0 Å². The van der Waals surface area contributed by atoms with Crippen LogP contribution in [0.25, 0.3) is 0 Å². The number of hydrogen-bond donors (Lipinski definition) is 1. The summed E-state index contributed by atoms with van der Waals surface area (Å²) >= 11 is 3.51. The van der Waals surface area contributed by atoms with Crippen LogP contribution in [-0.2, 0) is 6.42 Å². The van der Waals surface area contributed by atoms with Crippen molar-refractivity contribution in [2.75, 3.05) is 5.32 Å². The number of benzene rings is 1. The van der Waals surface area contributed by atoms with Crippen molar-refractivity contribution in [2.24, 2.45) is 0 Å². The number of carbonyl (C=O) groups is 1. The molecule has 0 radical (unpaired) electrons. The average molecular weight is 348 g/mol. The van der Waals surface area contributed by atoms with Crippen molar-refractivity contribution in [3.63, 3.8) is 0 Å². The minimum absolute atomic E-state index is 0.155. The molecule has 0 aliphatic heterocycles. The third-order valence-corrected chi connectivity index (χ3v) is 3.87. The summed E-state index contributed by atoms with van der Waals surface area (Å²) in [4.78, 5) is 12.5. The van der Waals surface area contributed by atoms with Gasteiger partial charge < -0.3 is 5.32 Å². The molecule has 0 aliphatic carbocycles. The van der Waals surface area contributed by atoms with Crippen LogP contribution in [-0.4, -0.2) is 16.1 Å². The maximum atomic E-state index is 12.5. The molecule has 1 amide bonds. The number of rotatable bonds is 3. The lowest BCUT2D eigenvalue weighted by molar-refractivity contribution is 0.102. The Morgan fingerprint density at radius 3 is 2.52 bits per heavy atom. The Hall–Kier alpha value is -1.75. The number of hydrogen-bond acceptors (Lipinski definition) is 3. The second kappa shape index (κ2) is 6.35. The van der Waals surface area contributed by atoms with Crippen LogP contribution in [0.15, 0.2) is 22.7 Å². The zero-order valence-corrected chi connectivity index (χ0v) is 14.2. The molecule has 0 unspecified atom stereocenters. The fourth-order valence-electron chi connectivity index (χ4n) is 2.23. The van der Waals surface area contributed by atoms with Crippen LogP contribution in [0, 0.1) is 20.8 Å². The van der Waals surface area contributed by atoms with Gasteiger partial charge in [0.25, 0.3) is 5.91 Å². The molecule has 0 spiro atoms. The molecule has 0 fully saturated rings. The Morgan fingerprint density at radius 2 is 1.90 bits per heavy atom. The quantitative estimate of drug-likeness (QED) is 0.913. The Labute approximate surface area is 133 Å². The molecule has 2 aromatic rings. The highest BCUT2D eigenvalue weighted by molar-refractivity contribution is 9.10. The number of aromatic nitrogens is 2. The van der Waals surface area contributed by atoms with Crippen LogP contribution in [0.5, 0.6) is 0 Å². The maximum Gasteiger partial charge on any atom is 0.257 e. The smallest absolute Gasteiger partial charge is 0.257 e. The van der Waals surface area contributed by atoms with Crippen molar-refractivity contribution < 1.29 is 4.79 Å². The van der Waals surface area contributed by atoms with Crippen LogP contribution in [0.4, 0.5) is 5.69 Å². The first-order chi connectivity index (χ1) is 9.92. The summed E-state index contributed by atoms with van der Waals surface area (Å²) in [6, 6.07) is 5.80. The summed E-state index contributed by atoms with van der Waals surface area (Å²) in [5.74, 6) is -0.155. The Morgan fingerprint density at radius 1 is 1.19 bits per heavy atom. The van der Waals surface area contributed by atoms with Gasteiger partial charge in [-0.2, -0.15) is 10.2 Å². The molecule has 5 heteroatoms. The van der Waals surface area contributed by atoms with Crippen LogP contribution >= 0.6 is 15.9 Å². The van der Waals surface area contributed by atoms with Crippen LogP contribution in [0.3, 0.4) is 0 Å². The molecule has 0 atom stereocenters. The average Bonchev–Trinajstić information content (AvgIpc) is 2.42. The van der Waals surface area contributed by atoms with Crippen molar-refractivity contribution in [1.29, 1.82) is 0 Å². The molecule has 0 saturated heterocycles. The summed E-state index contributed by atoms with van der Waals surface area (Å²) in [5.41, 5.74) is 4.98. The van der Waals surface area contributed by atoms with Crippen molar-refractivity contribution >= 4 is 27.5 Å². The summed E-state index contributed by atoms with van der Waals surface area (Å²) in [6.45, 7) is 7.79. The van der Waals surface area contributed by atoms with Gasteiger partial charge >= 0.3 is 0 Å². The van der Waals surface area contributed by atoms with Gasteiger partial charge in [0.1, 0.15) is 0 Å². The van der Waals surface area contributed by atoms with Gasteiger partial charge in [-0.3, -0.25) is 4.79 Å². The van der Waals surface area contributed by atoms with Gasteiger partial charge in [-0.15, -0.1) is 0 Å². The molecule has 0 saturated carbocycles. The number of nitrogens with zero attached hydrogens (tertiary/aromatic N) is 2. The highest BCUT2D eigenvalue weighted by Crippen LogP contribution is 2.28. The van der Waals surface area contributed by atoms with Gasteiger partial charge in [0.2, 0.25) is 0 Å². The fraction of sp³-hybridized carbons (Fsp3) is 0.312. The molecular formula is C16H18BrN3O. The van der Waals surface area contributed by atoms with E-state index in [-0.39, 0.29) is 5.91 Å². The van der Waals surface area contributed by atoms with Crippen LogP contribution < -0.4 is 5.32 Å². The van der Waals surface area contributed by atoms with Gasteiger partial charge in [0.05, 0.1) is 22.6 Å². The van der Waals surface area contributed by atoms with E-state index in [9.17, 15) is 4.79 Å². The Kier molecular flexibility index (Phi) is 4.73. The maximum absolute atomic E-state index is 12.5. The molecule has 1 N–H and O–H groups in total. The first-order valence-electron chi connectivity index (χ1n) is 6.83. The lowest BCUT2D eigenvalue weighted by Crippen LogP contribution is -2.17. The predicted molar refractivity (Wildman–Crippen MR) is 87.7 cm³/mol. The van der Waals surface area contributed by atoms with E-state index < -0.39 is 0 Å². The summed E-state index contributed by atoms with van der Waals surface area (Å²) in [6.07, 6.45) is 0.671. The normalized spacial score (nSPS) is 10.5. The van der Waals surface area contributed by atoms with Gasteiger partial charge in [-0.25, -0.2) is 0 Å². The molecule has 2 rings (SSSR count). The van der Waals surface area contributed by atoms with Crippen molar-refractivity contribution in [3.05, 3.63) is 50.8 Å². The molecule has 1 heterocycles. The molecule has 110 valence electrons. The number of amides is 1. The van der Waals surface area contributed by atoms with E-state index in [4.69, 9.17) is 0 Å². The first kappa shape index (κ1) is 15.6. The third-order valence-electron chi connectivity index (χ3n) is 3.24. The van der Waals surface area contributed by atoms with Crippen LogP contribution in [0.1, 0.15) is 39.8 Å². The van der Waals surface area contributed by atoms with E-state index in [2.05, 4.69) is 31.4 Å². The molecule has 1 aromatic heterocycles. The summed E-state index contributed by atoms with van der Waals surface area (Å²) in [5, 5.41) is 11.1. The van der Waals surface area contributed by atoms with Crippen molar-refractivity contribution in [3.8, 4) is 0 Å². The molecule has 4 nitrogen and oxygen atoms in total. The second-order valence-corrected chi connectivity index (χ2v) is 5.95. The Bertz CT molecular complexity index is 675. The lowest BCUT2D eigenvalue weighted by atomic mass is 10.1. The van der Waals surface area contributed by atoms with Gasteiger partial charge in [-0.1, -0.05) is 13.0 Å². The first-order valence-corrected chi connectivity index (χ1v) is 7.63. The molecule has 0 bridgehead atoms. The van der Waals surface area contributed by atoms with Gasteiger partial charge in [0.15, 0.2) is 0 Å². The number of halogens is 1. The topological polar surface area (TPSA) is 54.9 Å². The number of anilines is 1. The fourth-order valence-corrected chi connectivity index (χ4v) is 3.00. The predicted octanol–water partition coefficient (Wildman–Crippen LogP) is 3.98. The molecule has 0 aliphatic rings. The lowest BCUT2D eigenvalue weighted by Gasteiger charge is -2.13. The minimum Gasteiger partial charge on any atom is -0.321 e. The zero-order chi connectivity index (χ0) is 15.6. The molecule has 21 heavy (non-hydrogen) atoms. The molecular weight excluding hydrogens is 330 g/mol. The van der Waals surface area contributed by atoms with E-state index in [0.29, 0.717) is 17.7 Å². The van der Waals surface area contributed by atoms with Gasteiger partial charge in [0, 0.05) is 4.47 Å². The monoisotopic (exact) mass is 347 g/mol. The van der Waals surface area contributed by atoms with E-state index in [1.54, 1.807) is 6.07 Å². The van der Waals surface area contributed by atoms with E-state index >= 15 is 0 Å². The standard InChI is InChI=1S/C16H18BrN3O/c1-5-14-12(8-11(4)19-20-14)16(21)18-15-10(3)6-9(2)7-13(15)17/h6-8H,5H2,1-4H3,(H,18,21). The highest BCUT2D eigenvalue weighted by Gasteiger charge is 2.15. The number of aryl methyl sites for hydroxylation is 4. The van der Waals surface area contributed by atoms with Crippen LogP contribution in [0.2, 0.25) is 0 Å². The highest BCUT2D eigenvalue weighted by atomic mass is 79.9. The summed E-state index contributed by atoms with van der Waals surface area (Å²) in [7, 11) is 0. The number of nitrogens with one attached hydrogen (secondary N) is 1. The number of carbonyl (C=O) groups excluding carboxylic acids is 1. The Balaban J connectivity index is 2.37. The summed E-state index contributed by atoms with van der Waals surface area (Å²) < 4.78 is 0.880. The SMILES string of the molecule is CCc1nnc(C)cc1C(=O)Nc1c(C)cc(C)cc1Br. The van der Waals surface area contributed by atoms with E-state index in [0.717, 1.165) is 27.0 Å². The van der Waals surface area contributed by atoms with E-state index in [1.807, 2.05) is 39.8 Å². The molecule has 1 aromatic carbocycles.